The zero-order valence-corrected chi connectivity index (χ0v) is 11.7. The average Bonchev–Trinajstić information content (AvgIpc) is 2.38. The molecule has 104 valence electrons. The Morgan fingerprint density at radius 3 is 2.78 bits per heavy atom. The summed E-state index contributed by atoms with van der Waals surface area (Å²) in [6.07, 6.45) is 9.65. The Bertz CT molecular complexity index is 372. The lowest BCUT2D eigenvalue weighted by Crippen LogP contribution is -2.39. The van der Waals surface area contributed by atoms with Crippen molar-refractivity contribution in [3.63, 3.8) is 0 Å². The Labute approximate surface area is 110 Å². The average molecular weight is 272 g/mol. The van der Waals surface area contributed by atoms with Crippen LogP contribution in [0.4, 0.5) is 0 Å². The van der Waals surface area contributed by atoms with Crippen LogP contribution in [-0.2, 0) is 10.0 Å². The predicted octanol–water partition coefficient (Wildman–Crippen LogP) is 1.26. The molecule has 1 saturated heterocycles. The van der Waals surface area contributed by atoms with Crippen molar-refractivity contribution in [2.75, 3.05) is 25.4 Å². The maximum atomic E-state index is 12.0. The van der Waals surface area contributed by atoms with E-state index in [4.69, 9.17) is 0 Å². The molecule has 2 atom stereocenters. The van der Waals surface area contributed by atoms with E-state index in [1.807, 2.05) is 0 Å². The molecule has 2 N–H and O–H groups in total. The van der Waals surface area contributed by atoms with E-state index in [-0.39, 0.29) is 11.7 Å². The summed E-state index contributed by atoms with van der Waals surface area (Å²) in [5.74, 6) is 1.04. The number of hydrogen-bond acceptors (Lipinski definition) is 3. The minimum Gasteiger partial charge on any atom is -0.316 e. The van der Waals surface area contributed by atoms with Crippen LogP contribution < -0.4 is 10.0 Å². The molecule has 2 rings (SSSR count). The second kappa shape index (κ2) is 6.68. The van der Waals surface area contributed by atoms with Gasteiger partial charge in [0.05, 0.1) is 5.75 Å². The number of piperidine rings is 1. The third kappa shape index (κ3) is 4.71. The first-order valence-corrected chi connectivity index (χ1v) is 8.64. The van der Waals surface area contributed by atoms with Crippen LogP contribution in [0.2, 0.25) is 0 Å². The van der Waals surface area contributed by atoms with Gasteiger partial charge in [0.1, 0.15) is 0 Å². The van der Waals surface area contributed by atoms with Gasteiger partial charge >= 0.3 is 0 Å². The fourth-order valence-electron chi connectivity index (χ4n) is 2.72. The minimum atomic E-state index is -3.09. The van der Waals surface area contributed by atoms with Crippen LogP contribution in [-0.4, -0.2) is 33.8 Å². The molecule has 0 spiro atoms. The molecule has 1 fully saturated rings. The van der Waals surface area contributed by atoms with Gasteiger partial charge in [-0.25, -0.2) is 13.1 Å². The number of hydrogen-bond donors (Lipinski definition) is 2. The van der Waals surface area contributed by atoms with Crippen molar-refractivity contribution in [2.24, 2.45) is 11.8 Å². The van der Waals surface area contributed by atoms with Crippen LogP contribution in [0, 0.1) is 11.8 Å². The van der Waals surface area contributed by atoms with Crippen molar-refractivity contribution in [2.45, 2.75) is 32.1 Å². The smallest absolute Gasteiger partial charge is 0.211 e. The number of allylic oxidation sites excluding steroid dienone is 2. The molecule has 2 unspecified atom stereocenters. The minimum absolute atomic E-state index is 0.280. The topological polar surface area (TPSA) is 58.2 Å². The summed E-state index contributed by atoms with van der Waals surface area (Å²) in [5, 5.41) is 3.26. The van der Waals surface area contributed by atoms with Gasteiger partial charge in [0, 0.05) is 6.54 Å². The fraction of sp³-hybridized carbons (Fsp3) is 0.846. The van der Waals surface area contributed by atoms with Crippen molar-refractivity contribution in [1.82, 2.24) is 10.0 Å². The van der Waals surface area contributed by atoms with Crippen molar-refractivity contribution in [3.05, 3.63) is 12.2 Å². The molecule has 1 heterocycles. The summed E-state index contributed by atoms with van der Waals surface area (Å²) in [7, 11) is -3.09. The van der Waals surface area contributed by atoms with Gasteiger partial charge in [-0.05, 0) is 57.0 Å². The molecular formula is C13H24N2O2S. The monoisotopic (exact) mass is 272 g/mol. The van der Waals surface area contributed by atoms with Crippen molar-refractivity contribution in [1.29, 1.82) is 0 Å². The Morgan fingerprint density at radius 1 is 1.22 bits per heavy atom. The summed E-state index contributed by atoms with van der Waals surface area (Å²) in [6, 6.07) is 0. The lowest BCUT2D eigenvalue weighted by molar-refractivity contribution is 0.401. The summed E-state index contributed by atoms with van der Waals surface area (Å²) in [4.78, 5) is 0. The maximum Gasteiger partial charge on any atom is 0.211 e. The summed E-state index contributed by atoms with van der Waals surface area (Å²) < 4.78 is 26.8. The highest BCUT2D eigenvalue weighted by molar-refractivity contribution is 7.89. The van der Waals surface area contributed by atoms with E-state index in [0.29, 0.717) is 12.5 Å². The van der Waals surface area contributed by atoms with Crippen LogP contribution >= 0.6 is 0 Å². The van der Waals surface area contributed by atoms with Crippen LogP contribution in [0.1, 0.15) is 32.1 Å². The number of sulfonamides is 1. The summed E-state index contributed by atoms with van der Waals surface area (Å²) in [6.45, 7) is 2.47. The molecule has 0 amide bonds. The zero-order chi connectivity index (χ0) is 12.8. The second-order valence-electron chi connectivity index (χ2n) is 5.49. The molecule has 0 aromatic heterocycles. The Balaban J connectivity index is 1.74. The Morgan fingerprint density at radius 2 is 2.11 bits per heavy atom. The third-order valence-electron chi connectivity index (χ3n) is 3.82. The highest BCUT2D eigenvalue weighted by Gasteiger charge is 2.22. The first-order valence-electron chi connectivity index (χ1n) is 6.99. The van der Waals surface area contributed by atoms with E-state index in [1.165, 1.54) is 0 Å². The zero-order valence-electron chi connectivity index (χ0n) is 10.9. The normalized spacial score (nSPS) is 29.3. The van der Waals surface area contributed by atoms with Crippen LogP contribution in [0.25, 0.3) is 0 Å². The van der Waals surface area contributed by atoms with Crippen LogP contribution in [0.15, 0.2) is 12.2 Å². The fourth-order valence-corrected chi connectivity index (χ4v) is 4.23. The third-order valence-corrected chi connectivity index (χ3v) is 5.34. The maximum absolute atomic E-state index is 12.0. The van der Waals surface area contributed by atoms with Gasteiger partial charge in [-0.3, -0.25) is 0 Å². The Hall–Kier alpha value is -0.390. The predicted molar refractivity (Wildman–Crippen MR) is 73.9 cm³/mol. The first kappa shape index (κ1) is 14.0. The first-order chi connectivity index (χ1) is 8.66. The van der Waals surface area contributed by atoms with E-state index in [0.717, 1.165) is 45.2 Å². The number of nitrogens with one attached hydrogen (secondary N) is 2. The van der Waals surface area contributed by atoms with Crippen molar-refractivity contribution < 1.29 is 8.42 Å². The largest absolute Gasteiger partial charge is 0.316 e. The molecule has 1 aliphatic heterocycles. The molecule has 5 heteroatoms. The van der Waals surface area contributed by atoms with Crippen LogP contribution in [0.3, 0.4) is 0 Å². The molecule has 4 nitrogen and oxygen atoms in total. The molecule has 0 radical (unpaired) electrons. The molecule has 0 aromatic rings. The van der Waals surface area contributed by atoms with Crippen molar-refractivity contribution >= 4 is 10.0 Å². The number of rotatable bonds is 5. The van der Waals surface area contributed by atoms with E-state index < -0.39 is 10.0 Å². The van der Waals surface area contributed by atoms with E-state index in [9.17, 15) is 8.42 Å². The van der Waals surface area contributed by atoms with Gasteiger partial charge < -0.3 is 5.32 Å². The van der Waals surface area contributed by atoms with Gasteiger partial charge in [-0.1, -0.05) is 12.2 Å². The lowest BCUT2D eigenvalue weighted by atomic mass is 9.95. The highest BCUT2D eigenvalue weighted by atomic mass is 32.2. The van der Waals surface area contributed by atoms with Crippen molar-refractivity contribution in [3.8, 4) is 0 Å². The van der Waals surface area contributed by atoms with Gasteiger partial charge in [-0.2, -0.15) is 0 Å². The standard InChI is InChI=1S/C13H24N2O2S/c16-18(17,11-13-7-4-8-14-9-13)15-10-12-5-2-1-3-6-12/h1-2,12-15H,3-11H2. The molecule has 0 aromatic carbocycles. The lowest BCUT2D eigenvalue weighted by Gasteiger charge is -2.23. The van der Waals surface area contributed by atoms with E-state index >= 15 is 0 Å². The van der Waals surface area contributed by atoms with E-state index in [2.05, 4.69) is 22.2 Å². The quantitative estimate of drug-likeness (QED) is 0.741. The second-order valence-corrected chi connectivity index (χ2v) is 7.34. The molecule has 18 heavy (non-hydrogen) atoms. The van der Waals surface area contributed by atoms with Gasteiger partial charge in [0.2, 0.25) is 10.0 Å². The molecular weight excluding hydrogens is 248 g/mol. The van der Waals surface area contributed by atoms with Crippen LogP contribution in [0.5, 0.6) is 0 Å². The molecule has 1 aliphatic carbocycles. The molecule has 2 aliphatic rings. The SMILES string of the molecule is O=S(=O)(CC1CCCNC1)NCC1CC=CCC1. The molecule has 0 bridgehead atoms. The van der Waals surface area contributed by atoms with Gasteiger partial charge in [-0.15, -0.1) is 0 Å². The van der Waals surface area contributed by atoms with E-state index in [1.54, 1.807) is 0 Å². The Kier molecular flexibility index (Phi) is 5.21. The summed E-state index contributed by atoms with van der Waals surface area (Å²) in [5.41, 5.74) is 0. The molecule has 0 saturated carbocycles. The van der Waals surface area contributed by atoms with Gasteiger partial charge in [0.15, 0.2) is 0 Å². The summed E-state index contributed by atoms with van der Waals surface area (Å²) >= 11 is 0. The highest BCUT2D eigenvalue weighted by Crippen LogP contribution is 2.18. The van der Waals surface area contributed by atoms with Gasteiger partial charge in [0.25, 0.3) is 0 Å².